The summed E-state index contributed by atoms with van der Waals surface area (Å²) >= 11 is 0. The van der Waals surface area contributed by atoms with Crippen LogP contribution in [0, 0.1) is 0 Å². The number of nitrogens with zero attached hydrogens (tertiary/aromatic N) is 2. The van der Waals surface area contributed by atoms with E-state index in [4.69, 9.17) is 10.5 Å². The van der Waals surface area contributed by atoms with Crippen molar-refractivity contribution in [2.45, 2.75) is 0 Å². The smallest absolute Gasteiger partial charge is 0.137 e. The Kier molecular flexibility index (Phi) is 3.82. The SMILES string of the molecule is Nc1ccc2ncnc(NCCOc3ccccc3)c2c1. The molecular weight excluding hydrogens is 264 g/mol. The molecule has 5 heteroatoms. The van der Waals surface area contributed by atoms with E-state index in [1.165, 1.54) is 0 Å². The highest BCUT2D eigenvalue weighted by Gasteiger charge is 2.03. The molecule has 106 valence electrons. The maximum absolute atomic E-state index is 5.82. The van der Waals surface area contributed by atoms with Crippen molar-refractivity contribution in [1.82, 2.24) is 9.97 Å². The van der Waals surface area contributed by atoms with E-state index in [9.17, 15) is 0 Å². The molecule has 0 fully saturated rings. The lowest BCUT2D eigenvalue weighted by Gasteiger charge is -2.10. The van der Waals surface area contributed by atoms with Crippen LogP contribution in [0.15, 0.2) is 54.9 Å². The number of nitrogens with one attached hydrogen (secondary N) is 1. The Morgan fingerprint density at radius 3 is 2.76 bits per heavy atom. The predicted octanol–water partition coefficient (Wildman–Crippen LogP) is 2.70. The first-order valence-corrected chi connectivity index (χ1v) is 6.75. The monoisotopic (exact) mass is 280 g/mol. The van der Waals surface area contributed by atoms with Gasteiger partial charge in [-0.05, 0) is 30.3 Å². The number of hydrogen-bond acceptors (Lipinski definition) is 5. The third-order valence-corrected chi connectivity index (χ3v) is 3.07. The molecule has 21 heavy (non-hydrogen) atoms. The molecular formula is C16H16N4O. The van der Waals surface area contributed by atoms with Crippen molar-refractivity contribution in [2.75, 3.05) is 24.2 Å². The van der Waals surface area contributed by atoms with Crippen LogP contribution in [0.5, 0.6) is 5.75 Å². The van der Waals surface area contributed by atoms with Crippen LogP contribution in [0.3, 0.4) is 0 Å². The van der Waals surface area contributed by atoms with Gasteiger partial charge in [-0.25, -0.2) is 9.97 Å². The van der Waals surface area contributed by atoms with Gasteiger partial charge in [0, 0.05) is 11.1 Å². The molecule has 2 aromatic carbocycles. The molecule has 1 heterocycles. The molecule has 0 saturated heterocycles. The van der Waals surface area contributed by atoms with Crippen LogP contribution in [0.1, 0.15) is 0 Å². The Morgan fingerprint density at radius 1 is 1.05 bits per heavy atom. The molecule has 0 saturated carbocycles. The summed E-state index contributed by atoms with van der Waals surface area (Å²) in [5, 5.41) is 4.17. The van der Waals surface area contributed by atoms with Crippen LogP contribution in [-0.4, -0.2) is 23.1 Å². The number of nitrogen functional groups attached to an aromatic ring is 1. The van der Waals surface area contributed by atoms with Gasteiger partial charge in [0.1, 0.15) is 24.5 Å². The lowest BCUT2D eigenvalue weighted by molar-refractivity contribution is 0.333. The Balaban J connectivity index is 1.64. The van der Waals surface area contributed by atoms with Crippen molar-refractivity contribution in [3.05, 3.63) is 54.9 Å². The first-order chi connectivity index (χ1) is 10.3. The fraction of sp³-hybridized carbons (Fsp3) is 0.125. The molecule has 0 aliphatic carbocycles. The van der Waals surface area contributed by atoms with Gasteiger partial charge >= 0.3 is 0 Å². The maximum Gasteiger partial charge on any atom is 0.137 e. The number of fused-ring (bicyclic) bond motifs is 1. The molecule has 0 atom stereocenters. The van der Waals surface area contributed by atoms with E-state index in [0.29, 0.717) is 18.8 Å². The molecule has 0 bridgehead atoms. The second kappa shape index (κ2) is 6.09. The minimum absolute atomic E-state index is 0.553. The molecule has 0 amide bonds. The van der Waals surface area contributed by atoms with Crippen LogP contribution >= 0.6 is 0 Å². The number of benzene rings is 2. The summed E-state index contributed by atoms with van der Waals surface area (Å²) in [6, 6.07) is 15.3. The molecule has 1 aromatic heterocycles. The number of aromatic nitrogens is 2. The third kappa shape index (κ3) is 3.20. The van der Waals surface area contributed by atoms with E-state index in [1.807, 2.05) is 48.5 Å². The second-order valence-corrected chi connectivity index (χ2v) is 4.59. The van der Waals surface area contributed by atoms with Crippen molar-refractivity contribution in [2.24, 2.45) is 0 Å². The third-order valence-electron chi connectivity index (χ3n) is 3.07. The Morgan fingerprint density at radius 2 is 1.90 bits per heavy atom. The van der Waals surface area contributed by atoms with Crippen molar-refractivity contribution in [1.29, 1.82) is 0 Å². The Hall–Kier alpha value is -2.82. The van der Waals surface area contributed by atoms with Gasteiger partial charge in [-0.3, -0.25) is 0 Å². The van der Waals surface area contributed by atoms with E-state index >= 15 is 0 Å². The average molecular weight is 280 g/mol. The standard InChI is InChI=1S/C16H16N4O/c17-12-6-7-15-14(10-12)16(20-11-19-15)18-8-9-21-13-4-2-1-3-5-13/h1-7,10-11H,8-9,17H2,(H,18,19,20). The average Bonchev–Trinajstić information content (AvgIpc) is 2.53. The highest BCUT2D eigenvalue weighted by Crippen LogP contribution is 2.21. The summed E-state index contributed by atoms with van der Waals surface area (Å²) in [4.78, 5) is 8.48. The predicted molar refractivity (Wildman–Crippen MR) is 84.4 cm³/mol. The van der Waals surface area contributed by atoms with Gasteiger partial charge in [0.25, 0.3) is 0 Å². The summed E-state index contributed by atoms with van der Waals surface area (Å²) < 4.78 is 5.63. The number of rotatable bonds is 5. The molecule has 0 radical (unpaired) electrons. The largest absolute Gasteiger partial charge is 0.492 e. The van der Waals surface area contributed by atoms with E-state index in [-0.39, 0.29) is 0 Å². The summed E-state index contributed by atoms with van der Waals surface area (Å²) in [6.07, 6.45) is 1.54. The van der Waals surface area contributed by atoms with E-state index in [1.54, 1.807) is 6.33 Å². The first kappa shape index (κ1) is 13.2. The number of ether oxygens (including phenoxy) is 1. The molecule has 0 aliphatic heterocycles. The van der Waals surface area contributed by atoms with E-state index in [0.717, 1.165) is 22.5 Å². The Labute approximate surface area is 122 Å². The zero-order chi connectivity index (χ0) is 14.5. The van der Waals surface area contributed by atoms with Crippen molar-refractivity contribution >= 4 is 22.4 Å². The van der Waals surface area contributed by atoms with Gasteiger partial charge in [-0.15, -0.1) is 0 Å². The van der Waals surface area contributed by atoms with E-state index < -0.39 is 0 Å². The summed E-state index contributed by atoms with van der Waals surface area (Å²) in [7, 11) is 0. The van der Waals surface area contributed by atoms with Crippen LogP contribution in [0.25, 0.3) is 10.9 Å². The molecule has 3 aromatic rings. The topological polar surface area (TPSA) is 73.1 Å². The van der Waals surface area contributed by atoms with Gasteiger partial charge in [0.15, 0.2) is 0 Å². The van der Waals surface area contributed by atoms with Crippen molar-refractivity contribution < 1.29 is 4.74 Å². The van der Waals surface area contributed by atoms with Gasteiger partial charge < -0.3 is 15.8 Å². The quantitative estimate of drug-likeness (QED) is 0.555. The fourth-order valence-electron chi connectivity index (χ4n) is 2.07. The van der Waals surface area contributed by atoms with Crippen LogP contribution in [-0.2, 0) is 0 Å². The van der Waals surface area contributed by atoms with E-state index in [2.05, 4.69) is 15.3 Å². The maximum atomic E-state index is 5.82. The lowest BCUT2D eigenvalue weighted by atomic mass is 10.2. The normalized spacial score (nSPS) is 10.5. The number of nitrogens with two attached hydrogens (primary N) is 1. The number of anilines is 2. The highest BCUT2D eigenvalue weighted by molar-refractivity contribution is 5.91. The van der Waals surface area contributed by atoms with Crippen LogP contribution < -0.4 is 15.8 Å². The van der Waals surface area contributed by atoms with Gasteiger partial charge in [-0.1, -0.05) is 18.2 Å². The second-order valence-electron chi connectivity index (χ2n) is 4.59. The molecule has 3 rings (SSSR count). The zero-order valence-corrected chi connectivity index (χ0v) is 11.5. The number of para-hydroxylation sites is 1. The lowest BCUT2D eigenvalue weighted by Crippen LogP contribution is -2.12. The molecule has 0 unspecified atom stereocenters. The molecule has 0 aliphatic rings. The summed E-state index contributed by atoms with van der Waals surface area (Å²) in [5.74, 6) is 1.63. The van der Waals surface area contributed by atoms with Gasteiger partial charge in [-0.2, -0.15) is 0 Å². The summed E-state index contributed by atoms with van der Waals surface area (Å²) in [6.45, 7) is 1.20. The number of hydrogen-bond donors (Lipinski definition) is 2. The van der Waals surface area contributed by atoms with Gasteiger partial charge in [0.2, 0.25) is 0 Å². The highest BCUT2D eigenvalue weighted by atomic mass is 16.5. The van der Waals surface area contributed by atoms with Crippen LogP contribution in [0.4, 0.5) is 11.5 Å². The van der Waals surface area contributed by atoms with Crippen LogP contribution in [0.2, 0.25) is 0 Å². The summed E-state index contributed by atoms with van der Waals surface area (Å²) in [5.41, 5.74) is 7.38. The Bertz CT molecular complexity index is 731. The van der Waals surface area contributed by atoms with Gasteiger partial charge in [0.05, 0.1) is 12.1 Å². The molecule has 5 nitrogen and oxygen atoms in total. The minimum Gasteiger partial charge on any atom is -0.492 e. The minimum atomic E-state index is 0.553. The zero-order valence-electron chi connectivity index (χ0n) is 11.5. The van der Waals surface area contributed by atoms with Crippen molar-refractivity contribution in [3.8, 4) is 5.75 Å². The first-order valence-electron chi connectivity index (χ1n) is 6.75. The molecule has 0 spiro atoms. The fourth-order valence-corrected chi connectivity index (χ4v) is 2.07. The van der Waals surface area contributed by atoms with Crippen molar-refractivity contribution in [3.63, 3.8) is 0 Å². The molecule has 3 N–H and O–H groups in total.